The first-order chi connectivity index (χ1) is 13.6. The molecule has 6 nitrogen and oxygen atoms in total. The van der Waals surface area contributed by atoms with Crippen LogP contribution in [-0.4, -0.2) is 58.8 Å². The molecule has 28 heavy (non-hydrogen) atoms. The average molecular weight is 387 g/mol. The number of aromatic nitrogens is 1. The van der Waals surface area contributed by atoms with E-state index >= 15 is 0 Å². The number of pyridine rings is 1. The topological polar surface area (TPSA) is 65.5 Å². The fourth-order valence-electron chi connectivity index (χ4n) is 4.44. The van der Waals surface area contributed by atoms with Gasteiger partial charge in [0, 0.05) is 38.3 Å². The van der Waals surface area contributed by atoms with Gasteiger partial charge in [-0.2, -0.15) is 0 Å². The first-order valence-corrected chi connectivity index (χ1v) is 10.8. The van der Waals surface area contributed by atoms with E-state index in [0.29, 0.717) is 12.5 Å². The average Bonchev–Trinajstić information content (AvgIpc) is 3.27. The lowest BCUT2D eigenvalue weighted by Gasteiger charge is -2.41. The van der Waals surface area contributed by atoms with Crippen LogP contribution >= 0.6 is 0 Å². The minimum Gasteiger partial charge on any atom is -0.349 e. The van der Waals surface area contributed by atoms with E-state index in [1.807, 2.05) is 30.0 Å². The molecule has 2 fully saturated rings. The van der Waals surface area contributed by atoms with Crippen molar-refractivity contribution in [1.29, 1.82) is 0 Å². The monoisotopic (exact) mass is 386 g/mol. The van der Waals surface area contributed by atoms with E-state index in [2.05, 4.69) is 22.1 Å². The van der Waals surface area contributed by atoms with Crippen LogP contribution in [0, 0.1) is 11.8 Å². The Morgan fingerprint density at radius 2 is 1.89 bits per heavy atom. The second-order valence-electron chi connectivity index (χ2n) is 8.20. The largest absolute Gasteiger partial charge is 0.349 e. The molecular formula is C22H34N4O2. The first kappa shape index (κ1) is 20.8. The van der Waals surface area contributed by atoms with Gasteiger partial charge < -0.3 is 10.2 Å². The number of hydrogen-bond acceptors (Lipinski definition) is 4. The van der Waals surface area contributed by atoms with Gasteiger partial charge in [-0.15, -0.1) is 0 Å². The van der Waals surface area contributed by atoms with Gasteiger partial charge in [0.1, 0.15) is 0 Å². The zero-order valence-electron chi connectivity index (χ0n) is 17.3. The molecule has 0 spiro atoms. The lowest BCUT2D eigenvalue weighted by molar-refractivity contribution is -0.138. The Morgan fingerprint density at radius 3 is 2.50 bits per heavy atom. The quantitative estimate of drug-likeness (QED) is 0.782. The minimum atomic E-state index is -0.0907. The van der Waals surface area contributed by atoms with E-state index < -0.39 is 0 Å². The van der Waals surface area contributed by atoms with Gasteiger partial charge in [0.05, 0.1) is 18.3 Å². The van der Waals surface area contributed by atoms with E-state index in [1.54, 1.807) is 6.20 Å². The van der Waals surface area contributed by atoms with Crippen molar-refractivity contribution in [2.75, 3.05) is 26.2 Å². The van der Waals surface area contributed by atoms with Crippen LogP contribution in [0.15, 0.2) is 24.4 Å². The Kier molecular flexibility index (Phi) is 7.43. The van der Waals surface area contributed by atoms with Crippen LogP contribution in [0.5, 0.6) is 0 Å². The van der Waals surface area contributed by atoms with Crippen molar-refractivity contribution in [3.63, 3.8) is 0 Å². The highest BCUT2D eigenvalue weighted by Crippen LogP contribution is 2.31. The lowest BCUT2D eigenvalue weighted by atomic mass is 9.94. The van der Waals surface area contributed by atoms with Crippen molar-refractivity contribution in [2.24, 2.45) is 11.8 Å². The smallest absolute Gasteiger partial charge is 0.237 e. The highest BCUT2D eigenvalue weighted by atomic mass is 16.2. The maximum atomic E-state index is 13.1. The Bertz CT molecular complexity index is 637. The van der Waals surface area contributed by atoms with Crippen LogP contribution < -0.4 is 5.32 Å². The zero-order chi connectivity index (χ0) is 19.9. The Labute approximate surface area is 168 Å². The van der Waals surface area contributed by atoms with Crippen LogP contribution in [0.4, 0.5) is 0 Å². The fourth-order valence-corrected chi connectivity index (χ4v) is 4.44. The molecule has 0 aromatic carbocycles. The Hall–Kier alpha value is -1.95. The number of nitrogens with one attached hydrogen (secondary N) is 1. The van der Waals surface area contributed by atoms with Crippen molar-refractivity contribution < 1.29 is 9.59 Å². The van der Waals surface area contributed by atoms with Gasteiger partial charge in [-0.1, -0.05) is 32.8 Å². The lowest BCUT2D eigenvalue weighted by Crippen LogP contribution is -2.58. The van der Waals surface area contributed by atoms with Crippen molar-refractivity contribution in [3.8, 4) is 0 Å². The van der Waals surface area contributed by atoms with Gasteiger partial charge in [-0.3, -0.25) is 19.5 Å². The normalized spacial score (nSPS) is 20.7. The Morgan fingerprint density at radius 1 is 1.18 bits per heavy atom. The van der Waals surface area contributed by atoms with E-state index in [4.69, 9.17) is 0 Å². The van der Waals surface area contributed by atoms with Crippen LogP contribution in [-0.2, 0) is 16.1 Å². The summed E-state index contributed by atoms with van der Waals surface area (Å²) in [6.45, 7) is 7.53. The molecule has 2 heterocycles. The van der Waals surface area contributed by atoms with Gasteiger partial charge in [0.15, 0.2) is 0 Å². The van der Waals surface area contributed by atoms with E-state index in [0.717, 1.165) is 51.1 Å². The van der Waals surface area contributed by atoms with Crippen molar-refractivity contribution in [2.45, 2.75) is 58.5 Å². The van der Waals surface area contributed by atoms with E-state index in [9.17, 15) is 9.59 Å². The molecule has 1 aromatic heterocycles. The maximum Gasteiger partial charge on any atom is 0.237 e. The van der Waals surface area contributed by atoms with Crippen LogP contribution in [0.25, 0.3) is 0 Å². The number of piperazine rings is 1. The maximum absolute atomic E-state index is 13.1. The zero-order valence-corrected chi connectivity index (χ0v) is 17.3. The second-order valence-corrected chi connectivity index (χ2v) is 8.20. The molecule has 1 N–H and O–H groups in total. The summed E-state index contributed by atoms with van der Waals surface area (Å²) in [7, 11) is 0. The summed E-state index contributed by atoms with van der Waals surface area (Å²) < 4.78 is 0. The van der Waals surface area contributed by atoms with Gasteiger partial charge in [0.25, 0.3) is 0 Å². The number of rotatable bonds is 7. The molecule has 6 heteroatoms. The Balaban J connectivity index is 1.60. The predicted octanol–water partition coefficient (Wildman–Crippen LogP) is 2.45. The third-order valence-electron chi connectivity index (χ3n) is 6.34. The summed E-state index contributed by atoms with van der Waals surface area (Å²) in [6, 6.07) is 5.67. The van der Waals surface area contributed by atoms with E-state index in [-0.39, 0.29) is 23.8 Å². The molecule has 0 bridgehead atoms. The van der Waals surface area contributed by atoms with Crippen LogP contribution in [0.3, 0.4) is 0 Å². The number of nitrogens with zero attached hydrogens (tertiary/aromatic N) is 3. The van der Waals surface area contributed by atoms with Gasteiger partial charge >= 0.3 is 0 Å². The molecule has 2 amide bonds. The minimum absolute atomic E-state index is 0.0823. The van der Waals surface area contributed by atoms with Gasteiger partial charge in [-0.05, 0) is 37.3 Å². The van der Waals surface area contributed by atoms with Crippen LogP contribution in [0.2, 0.25) is 0 Å². The SMILES string of the molecule is CC[C@H](C)C(=O)N1CCN([C@H](C(=O)NCc2ccccn2)C2CCCC2)CC1. The molecular weight excluding hydrogens is 352 g/mol. The van der Waals surface area contributed by atoms with Crippen molar-refractivity contribution in [3.05, 3.63) is 30.1 Å². The molecule has 0 radical (unpaired) electrons. The summed E-state index contributed by atoms with van der Waals surface area (Å²) in [6.07, 6.45) is 7.28. The summed E-state index contributed by atoms with van der Waals surface area (Å²) >= 11 is 0. The third kappa shape index (κ3) is 5.10. The number of amides is 2. The first-order valence-electron chi connectivity index (χ1n) is 10.8. The summed E-state index contributed by atoms with van der Waals surface area (Å²) in [5, 5.41) is 3.11. The van der Waals surface area contributed by atoms with Crippen molar-refractivity contribution in [1.82, 2.24) is 20.1 Å². The molecule has 0 unspecified atom stereocenters. The molecule has 2 atom stereocenters. The highest BCUT2D eigenvalue weighted by molar-refractivity contribution is 5.82. The summed E-state index contributed by atoms with van der Waals surface area (Å²) in [5.41, 5.74) is 0.880. The molecule has 2 aliphatic rings. The standard InChI is InChI=1S/C22H34N4O2/c1-3-17(2)22(28)26-14-12-25(13-15-26)20(18-8-4-5-9-18)21(27)24-16-19-10-6-7-11-23-19/h6-7,10-11,17-18,20H,3-5,8-9,12-16H2,1-2H3,(H,24,27)/t17-,20-/m0/s1. The summed E-state index contributed by atoms with van der Waals surface area (Å²) in [5.74, 6) is 0.859. The predicted molar refractivity (Wildman–Crippen MR) is 109 cm³/mol. The number of carbonyl (C=O) groups excluding carboxylic acids is 2. The summed E-state index contributed by atoms with van der Waals surface area (Å²) in [4.78, 5) is 34.2. The van der Waals surface area contributed by atoms with Gasteiger partial charge in [0.2, 0.25) is 11.8 Å². The van der Waals surface area contributed by atoms with Crippen LogP contribution in [0.1, 0.15) is 51.6 Å². The molecule has 1 saturated carbocycles. The third-order valence-corrected chi connectivity index (χ3v) is 6.34. The van der Waals surface area contributed by atoms with Gasteiger partial charge in [-0.25, -0.2) is 0 Å². The van der Waals surface area contributed by atoms with Crippen molar-refractivity contribution >= 4 is 11.8 Å². The second kappa shape index (κ2) is 10.0. The van der Waals surface area contributed by atoms with E-state index in [1.165, 1.54) is 12.8 Å². The molecule has 3 rings (SSSR count). The molecule has 1 aromatic rings. The molecule has 1 aliphatic heterocycles. The fraction of sp³-hybridized carbons (Fsp3) is 0.682. The highest BCUT2D eigenvalue weighted by Gasteiger charge is 2.37. The molecule has 154 valence electrons. The number of hydrogen-bond donors (Lipinski definition) is 1. The molecule has 1 aliphatic carbocycles. The molecule has 1 saturated heterocycles. The number of carbonyl (C=O) groups is 2.